The van der Waals surface area contributed by atoms with Gasteiger partial charge in [0.05, 0.1) is 6.07 Å². The van der Waals surface area contributed by atoms with E-state index in [2.05, 4.69) is 0 Å². The molecule has 0 N–H and O–H groups in total. The van der Waals surface area contributed by atoms with Crippen LogP contribution in [0.3, 0.4) is 0 Å². The minimum absolute atomic E-state index is 0.251. The number of hydrogen-bond donors (Lipinski definition) is 0. The van der Waals surface area contributed by atoms with Crippen molar-refractivity contribution in [2.45, 2.75) is 39.0 Å². The lowest BCUT2D eigenvalue weighted by atomic mass is 10.2. The Balaban J connectivity index is 2.72. The van der Waals surface area contributed by atoms with Crippen molar-refractivity contribution in [1.29, 1.82) is 5.26 Å². The van der Waals surface area contributed by atoms with Gasteiger partial charge in [0.25, 0.3) is 10.2 Å². The van der Waals surface area contributed by atoms with Crippen LogP contribution in [0.2, 0.25) is 0 Å². The van der Waals surface area contributed by atoms with Crippen LogP contribution in [0, 0.1) is 11.3 Å². The van der Waals surface area contributed by atoms with Gasteiger partial charge in [0.2, 0.25) is 0 Å². The first-order chi connectivity index (χ1) is 8.12. The van der Waals surface area contributed by atoms with E-state index in [1.54, 1.807) is 4.31 Å². The minimum Gasteiger partial charge on any atom is -0.198 e. The van der Waals surface area contributed by atoms with Crippen LogP contribution in [-0.2, 0) is 10.2 Å². The largest absolute Gasteiger partial charge is 0.281 e. The van der Waals surface area contributed by atoms with E-state index >= 15 is 0 Å². The summed E-state index contributed by atoms with van der Waals surface area (Å²) in [6, 6.07) is 2.00. The average molecular weight is 259 g/mol. The summed E-state index contributed by atoms with van der Waals surface area (Å²) in [5.41, 5.74) is 0. The predicted molar refractivity (Wildman–Crippen MR) is 66.4 cm³/mol. The summed E-state index contributed by atoms with van der Waals surface area (Å²) in [6.07, 6.45) is 4.34. The number of hydrogen-bond acceptors (Lipinski definition) is 3. The molecule has 0 aliphatic carbocycles. The smallest absolute Gasteiger partial charge is 0.198 e. The Morgan fingerprint density at radius 2 is 1.82 bits per heavy atom. The van der Waals surface area contributed by atoms with E-state index in [-0.39, 0.29) is 6.42 Å². The topological polar surface area (TPSA) is 64.4 Å². The van der Waals surface area contributed by atoms with Gasteiger partial charge in [0.1, 0.15) is 0 Å². The van der Waals surface area contributed by atoms with Gasteiger partial charge in [-0.05, 0) is 12.8 Å². The fourth-order valence-corrected chi connectivity index (χ4v) is 3.74. The van der Waals surface area contributed by atoms with Gasteiger partial charge in [-0.2, -0.15) is 22.3 Å². The van der Waals surface area contributed by atoms with Crippen LogP contribution >= 0.6 is 0 Å². The van der Waals surface area contributed by atoms with Crippen LogP contribution in [0.15, 0.2) is 0 Å². The molecule has 0 aromatic heterocycles. The van der Waals surface area contributed by atoms with Crippen LogP contribution in [0.5, 0.6) is 0 Å². The molecule has 0 aromatic carbocycles. The summed E-state index contributed by atoms with van der Waals surface area (Å²) in [5.74, 6) is 0. The molecule has 0 aromatic rings. The molecule has 0 bridgehead atoms. The van der Waals surface area contributed by atoms with Gasteiger partial charge in [-0.1, -0.05) is 19.8 Å². The van der Waals surface area contributed by atoms with Crippen LogP contribution in [0.25, 0.3) is 0 Å². The standard InChI is InChI=1S/C11H21N3O2S/c1-2-13(11-7-8-12)17(15,16)14-9-5-3-4-6-10-14/h2-7,9-11H2,1H3. The molecule has 0 unspecified atom stereocenters. The van der Waals surface area contributed by atoms with Gasteiger partial charge < -0.3 is 0 Å². The first-order valence-electron chi connectivity index (χ1n) is 6.25. The van der Waals surface area contributed by atoms with Crippen LogP contribution in [-0.4, -0.2) is 43.2 Å². The zero-order valence-electron chi connectivity index (χ0n) is 10.4. The molecule has 1 rings (SSSR count). The Labute approximate surface area is 104 Å². The van der Waals surface area contributed by atoms with Gasteiger partial charge in [-0.25, -0.2) is 0 Å². The second-order valence-corrected chi connectivity index (χ2v) is 6.15. The quantitative estimate of drug-likeness (QED) is 0.748. The third-order valence-corrected chi connectivity index (χ3v) is 5.15. The maximum Gasteiger partial charge on any atom is 0.281 e. The minimum atomic E-state index is -3.35. The fraction of sp³-hybridized carbons (Fsp3) is 0.909. The lowest BCUT2D eigenvalue weighted by molar-refractivity contribution is 0.350. The normalized spacial score (nSPS) is 18.9. The molecule has 0 radical (unpaired) electrons. The van der Waals surface area contributed by atoms with Gasteiger partial charge in [-0.3, -0.25) is 0 Å². The molecule has 1 fully saturated rings. The molecule has 0 atom stereocenters. The summed E-state index contributed by atoms with van der Waals surface area (Å²) in [7, 11) is -3.35. The van der Waals surface area contributed by atoms with Gasteiger partial charge in [0, 0.05) is 32.6 Å². The SMILES string of the molecule is CCN(CCC#N)S(=O)(=O)N1CCCCCC1. The van der Waals surface area contributed by atoms with E-state index in [9.17, 15) is 8.42 Å². The maximum absolute atomic E-state index is 12.3. The molecule has 17 heavy (non-hydrogen) atoms. The Morgan fingerprint density at radius 1 is 1.24 bits per heavy atom. The summed E-state index contributed by atoms with van der Waals surface area (Å²) in [5, 5.41) is 8.55. The van der Waals surface area contributed by atoms with Crippen molar-refractivity contribution in [2.24, 2.45) is 0 Å². The van der Waals surface area contributed by atoms with Crippen molar-refractivity contribution in [3.8, 4) is 6.07 Å². The summed E-state index contributed by atoms with van der Waals surface area (Å²) >= 11 is 0. The predicted octanol–water partition coefficient (Wildman–Crippen LogP) is 1.34. The molecule has 98 valence electrons. The van der Waals surface area contributed by atoms with Crippen LogP contribution < -0.4 is 0 Å². The first-order valence-corrected chi connectivity index (χ1v) is 7.64. The van der Waals surface area contributed by atoms with Crippen molar-refractivity contribution in [1.82, 2.24) is 8.61 Å². The van der Waals surface area contributed by atoms with Crippen molar-refractivity contribution >= 4 is 10.2 Å². The lowest BCUT2D eigenvalue weighted by Crippen LogP contribution is -2.44. The summed E-state index contributed by atoms with van der Waals surface area (Å²) < 4.78 is 27.6. The van der Waals surface area contributed by atoms with E-state index in [0.717, 1.165) is 25.7 Å². The molecule has 1 aliphatic heterocycles. The Morgan fingerprint density at radius 3 is 2.29 bits per heavy atom. The zero-order chi connectivity index (χ0) is 12.7. The molecule has 0 saturated carbocycles. The first kappa shape index (κ1) is 14.4. The zero-order valence-corrected chi connectivity index (χ0v) is 11.2. The fourth-order valence-electron chi connectivity index (χ4n) is 2.05. The highest BCUT2D eigenvalue weighted by atomic mass is 32.2. The van der Waals surface area contributed by atoms with E-state index in [1.165, 1.54) is 4.31 Å². The van der Waals surface area contributed by atoms with E-state index in [0.29, 0.717) is 26.2 Å². The van der Waals surface area contributed by atoms with Crippen molar-refractivity contribution < 1.29 is 8.42 Å². The summed E-state index contributed by atoms with van der Waals surface area (Å²) in [6.45, 7) is 3.77. The molecular weight excluding hydrogens is 238 g/mol. The van der Waals surface area contributed by atoms with Crippen molar-refractivity contribution in [3.05, 3.63) is 0 Å². The molecule has 0 amide bonds. The molecule has 0 spiro atoms. The van der Waals surface area contributed by atoms with Gasteiger partial charge >= 0.3 is 0 Å². The third kappa shape index (κ3) is 3.95. The van der Waals surface area contributed by atoms with Gasteiger partial charge in [-0.15, -0.1) is 0 Å². The Bertz CT molecular complexity index is 353. The maximum atomic E-state index is 12.3. The van der Waals surface area contributed by atoms with Gasteiger partial charge in [0.15, 0.2) is 0 Å². The number of nitrogens with zero attached hydrogens (tertiary/aromatic N) is 3. The highest BCUT2D eigenvalue weighted by molar-refractivity contribution is 7.86. The Kier molecular flexibility index (Phi) is 5.89. The third-order valence-electron chi connectivity index (χ3n) is 3.04. The molecule has 5 nitrogen and oxygen atoms in total. The van der Waals surface area contributed by atoms with E-state index in [1.807, 2.05) is 13.0 Å². The monoisotopic (exact) mass is 259 g/mol. The second-order valence-electron chi connectivity index (χ2n) is 4.22. The lowest BCUT2D eigenvalue weighted by Gasteiger charge is -2.27. The van der Waals surface area contributed by atoms with Crippen molar-refractivity contribution in [2.75, 3.05) is 26.2 Å². The highest BCUT2D eigenvalue weighted by Crippen LogP contribution is 2.16. The second kappa shape index (κ2) is 6.94. The average Bonchev–Trinajstić information content (AvgIpc) is 2.58. The van der Waals surface area contributed by atoms with Crippen LogP contribution in [0.1, 0.15) is 39.0 Å². The highest BCUT2D eigenvalue weighted by Gasteiger charge is 2.28. The molecular formula is C11H21N3O2S. The Hall–Kier alpha value is -0.640. The molecule has 1 saturated heterocycles. The molecule has 1 aliphatic rings. The molecule has 1 heterocycles. The van der Waals surface area contributed by atoms with E-state index < -0.39 is 10.2 Å². The van der Waals surface area contributed by atoms with Crippen LogP contribution in [0.4, 0.5) is 0 Å². The number of rotatable bonds is 5. The summed E-state index contributed by atoms with van der Waals surface area (Å²) in [4.78, 5) is 0. The van der Waals surface area contributed by atoms with E-state index in [4.69, 9.17) is 5.26 Å². The van der Waals surface area contributed by atoms with Crippen molar-refractivity contribution in [3.63, 3.8) is 0 Å². The number of nitriles is 1. The molecule has 6 heteroatoms.